The second-order valence-corrected chi connectivity index (χ2v) is 7.63. The number of carbonyl (C=O) groups excluding carboxylic acids is 1. The molecule has 0 fully saturated rings. The molecule has 29 heavy (non-hydrogen) atoms. The summed E-state index contributed by atoms with van der Waals surface area (Å²) in [5.74, 6) is -0.912. The lowest BCUT2D eigenvalue weighted by Crippen LogP contribution is -2.37. The topological polar surface area (TPSA) is 123 Å². The van der Waals surface area contributed by atoms with Gasteiger partial charge in [0.1, 0.15) is 11.4 Å². The van der Waals surface area contributed by atoms with E-state index in [1.807, 2.05) is 30.5 Å². The van der Waals surface area contributed by atoms with Gasteiger partial charge in [-0.05, 0) is 30.5 Å². The number of phenols is 1. The molecule has 3 rings (SSSR count). The summed E-state index contributed by atoms with van der Waals surface area (Å²) >= 11 is 1.51. The van der Waals surface area contributed by atoms with Crippen molar-refractivity contribution in [3.05, 3.63) is 66.1 Å². The van der Waals surface area contributed by atoms with E-state index in [0.29, 0.717) is 0 Å². The van der Waals surface area contributed by atoms with Crippen molar-refractivity contribution in [2.24, 2.45) is 0 Å². The first kappa shape index (κ1) is 20.1. The summed E-state index contributed by atoms with van der Waals surface area (Å²) in [7, 11) is 3.02. The van der Waals surface area contributed by atoms with Crippen molar-refractivity contribution in [3.63, 3.8) is 0 Å². The molecule has 0 spiro atoms. The Bertz CT molecular complexity index is 1180. The highest BCUT2D eigenvalue weighted by molar-refractivity contribution is 7.10. The maximum absolute atomic E-state index is 12.3. The smallest absolute Gasteiger partial charge is 0.257 e. The third-order valence-electron chi connectivity index (χ3n) is 4.38. The third-order valence-corrected chi connectivity index (χ3v) is 5.43. The quantitative estimate of drug-likeness (QED) is 0.421. The minimum atomic E-state index is -0.742. The molecule has 0 radical (unpaired) electrons. The van der Waals surface area contributed by atoms with Crippen LogP contribution in [0.4, 0.5) is 17.1 Å². The molecule has 0 aliphatic heterocycles. The molecule has 1 aromatic heterocycles. The Morgan fingerprint density at radius 1 is 1.24 bits per heavy atom. The highest BCUT2D eigenvalue weighted by Crippen LogP contribution is 2.34. The maximum atomic E-state index is 12.3. The number of nitrogens with one attached hydrogen (secondary N) is 2. The van der Waals surface area contributed by atoms with E-state index in [1.165, 1.54) is 42.5 Å². The van der Waals surface area contributed by atoms with Crippen molar-refractivity contribution in [1.82, 2.24) is 4.90 Å². The first-order valence-electron chi connectivity index (χ1n) is 8.63. The normalized spacial score (nSPS) is 11.7. The lowest BCUT2D eigenvalue weighted by atomic mass is 10.1. The van der Waals surface area contributed by atoms with Gasteiger partial charge in [0.25, 0.3) is 16.8 Å². The molecule has 0 unspecified atom stereocenters. The SMILES string of the molecule is C[C@@H](Nc1c(Nc2cc(C#N)cc(C(=O)N(C)C)c2O)c(=O)c1=O)c1cccs1. The highest BCUT2D eigenvalue weighted by Gasteiger charge is 2.25. The summed E-state index contributed by atoms with van der Waals surface area (Å²) < 4.78 is 0. The minimum Gasteiger partial charge on any atom is -0.505 e. The molecule has 9 heteroatoms. The van der Waals surface area contributed by atoms with E-state index in [2.05, 4.69) is 10.6 Å². The molecule has 3 aromatic rings. The molecule has 8 nitrogen and oxygen atoms in total. The number of carbonyl (C=O) groups is 1. The summed E-state index contributed by atoms with van der Waals surface area (Å²) in [6, 6.07) is 8.08. The lowest BCUT2D eigenvalue weighted by Gasteiger charge is -2.20. The Balaban J connectivity index is 1.97. The van der Waals surface area contributed by atoms with Crippen LogP contribution in [-0.2, 0) is 0 Å². The molecule has 0 aliphatic carbocycles. The zero-order valence-electron chi connectivity index (χ0n) is 15.9. The molecular weight excluding hydrogens is 392 g/mol. The van der Waals surface area contributed by atoms with Crippen molar-refractivity contribution in [3.8, 4) is 11.8 Å². The number of nitrogens with zero attached hydrogens (tertiary/aromatic N) is 2. The van der Waals surface area contributed by atoms with E-state index in [-0.39, 0.29) is 34.2 Å². The lowest BCUT2D eigenvalue weighted by molar-refractivity contribution is 0.0824. The van der Waals surface area contributed by atoms with E-state index < -0.39 is 22.5 Å². The van der Waals surface area contributed by atoms with Gasteiger partial charge in [-0.2, -0.15) is 5.26 Å². The van der Waals surface area contributed by atoms with Gasteiger partial charge in [-0.15, -0.1) is 11.3 Å². The average Bonchev–Trinajstić information content (AvgIpc) is 3.25. The van der Waals surface area contributed by atoms with Gasteiger partial charge in [0, 0.05) is 19.0 Å². The number of amides is 1. The largest absolute Gasteiger partial charge is 0.505 e. The number of hydrogen-bond acceptors (Lipinski definition) is 8. The molecule has 1 amide bonds. The van der Waals surface area contributed by atoms with Crippen LogP contribution in [0.2, 0.25) is 0 Å². The summed E-state index contributed by atoms with van der Waals surface area (Å²) in [5, 5.41) is 27.4. The van der Waals surface area contributed by atoms with Gasteiger partial charge in [0.15, 0.2) is 5.75 Å². The summed E-state index contributed by atoms with van der Waals surface area (Å²) in [4.78, 5) is 38.7. The number of aromatic hydroxyl groups is 1. The summed E-state index contributed by atoms with van der Waals surface area (Å²) in [6.07, 6.45) is 0. The predicted molar refractivity (Wildman–Crippen MR) is 112 cm³/mol. The van der Waals surface area contributed by atoms with E-state index in [0.717, 1.165) is 4.88 Å². The highest BCUT2D eigenvalue weighted by atomic mass is 32.1. The van der Waals surface area contributed by atoms with Crippen molar-refractivity contribution in [2.75, 3.05) is 24.7 Å². The Kier molecular flexibility index (Phi) is 5.39. The number of hydrogen-bond donors (Lipinski definition) is 3. The Labute approximate surface area is 170 Å². The van der Waals surface area contributed by atoms with Crippen LogP contribution in [0.1, 0.15) is 33.8 Å². The minimum absolute atomic E-state index is 0.00632. The molecule has 0 saturated heterocycles. The van der Waals surface area contributed by atoms with E-state index >= 15 is 0 Å². The number of anilines is 3. The van der Waals surface area contributed by atoms with Crippen molar-refractivity contribution >= 4 is 34.3 Å². The monoisotopic (exact) mass is 410 g/mol. The van der Waals surface area contributed by atoms with Crippen LogP contribution in [-0.4, -0.2) is 30.0 Å². The van der Waals surface area contributed by atoms with E-state index in [4.69, 9.17) is 0 Å². The van der Waals surface area contributed by atoms with Gasteiger partial charge in [-0.25, -0.2) is 0 Å². The third kappa shape index (κ3) is 3.70. The van der Waals surface area contributed by atoms with Gasteiger partial charge < -0.3 is 20.6 Å². The number of nitriles is 1. The van der Waals surface area contributed by atoms with E-state index in [1.54, 1.807) is 0 Å². The average molecular weight is 410 g/mol. The van der Waals surface area contributed by atoms with Crippen LogP contribution < -0.4 is 21.5 Å². The molecule has 3 N–H and O–H groups in total. The second-order valence-electron chi connectivity index (χ2n) is 6.65. The number of thiophene rings is 1. The van der Waals surface area contributed by atoms with E-state index in [9.17, 15) is 24.8 Å². The van der Waals surface area contributed by atoms with Crippen LogP contribution in [0.25, 0.3) is 0 Å². The molecule has 0 aliphatic rings. The fraction of sp³-hybridized carbons (Fsp3) is 0.200. The van der Waals surface area contributed by atoms with Gasteiger partial charge >= 0.3 is 0 Å². The molecule has 1 atom stereocenters. The molecule has 1 heterocycles. The zero-order chi connectivity index (χ0) is 21.3. The van der Waals surface area contributed by atoms with Crippen LogP contribution in [0.3, 0.4) is 0 Å². The molecule has 0 saturated carbocycles. The molecule has 2 aromatic carbocycles. The standard InChI is InChI=1S/C20H18N4O4S/c1-10(14-5-4-6-29-14)22-15-16(19(27)18(15)26)23-13-8-11(9-21)7-12(17(13)25)20(28)24(2)3/h4-8,10,22-23,25H,1-3H3/t10-/m1/s1. The number of rotatable bonds is 6. The van der Waals surface area contributed by atoms with Gasteiger partial charge in [-0.3, -0.25) is 14.4 Å². The fourth-order valence-electron chi connectivity index (χ4n) is 2.81. The Morgan fingerprint density at radius 3 is 2.52 bits per heavy atom. The van der Waals surface area contributed by atoms with Crippen LogP contribution in [0.5, 0.6) is 5.75 Å². The molecule has 148 valence electrons. The first-order chi connectivity index (χ1) is 13.7. The summed E-state index contributed by atoms with van der Waals surface area (Å²) in [5.41, 5.74) is -1.31. The van der Waals surface area contributed by atoms with Gasteiger partial charge in [-0.1, -0.05) is 6.07 Å². The number of benzene rings is 1. The molecular formula is C20H18N4O4S. The number of phenolic OH excluding ortho intramolecular Hbond substituents is 1. The van der Waals surface area contributed by atoms with Crippen molar-refractivity contribution in [1.29, 1.82) is 5.26 Å². The zero-order valence-corrected chi connectivity index (χ0v) is 16.8. The van der Waals surface area contributed by atoms with Crippen LogP contribution in [0.15, 0.2) is 39.2 Å². The Hall–Kier alpha value is -3.64. The van der Waals surface area contributed by atoms with Crippen LogP contribution in [0, 0.1) is 11.3 Å². The van der Waals surface area contributed by atoms with Crippen LogP contribution >= 0.6 is 11.3 Å². The molecule has 0 bridgehead atoms. The van der Waals surface area contributed by atoms with Gasteiger partial charge in [0.05, 0.1) is 28.9 Å². The Morgan fingerprint density at radius 2 is 1.93 bits per heavy atom. The van der Waals surface area contributed by atoms with Crippen molar-refractivity contribution < 1.29 is 9.90 Å². The first-order valence-corrected chi connectivity index (χ1v) is 9.51. The fourth-order valence-corrected chi connectivity index (χ4v) is 3.54. The van der Waals surface area contributed by atoms with Gasteiger partial charge in [0.2, 0.25) is 0 Å². The maximum Gasteiger partial charge on any atom is 0.257 e. The van der Waals surface area contributed by atoms with Crippen molar-refractivity contribution in [2.45, 2.75) is 13.0 Å². The summed E-state index contributed by atoms with van der Waals surface area (Å²) in [6.45, 7) is 1.86. The predicted octanol–water partition coefficient (Wildman–Crippen LogP) is 2.54. The second kappa shape index (κ2) is 7.77.